The second-order valence-corrected chi connectivity index (χ2v) is 4.55. The van der Waals surface area contributed by atoms with Gasteiger partial charge in [-0.15, -0.1) is 11.3 Å². The Hall–Kier alpha value is -1.61. The second-order valence-electron chi connectivity index (χ2n) is 3.51. The molecule has 1 N–H and O–H groups in total. The molecular formula is C13H13NOS. The van der Waals surface area contributed by atoms with Gasteiger partial charge in [0.1, 0.15) is 0 Å². The van der Waals surface area contributed by atoms with Gasteiger partial charge in [-0.3, -0.25) is 4.79 Å². The maximum Gasteiger partial charge on any atom is 0.157 e. The van der Waals surface area contributed by atoms with Gasteiger partial charge in [0.2, 0.25) is 0 Å². The summed E-state index contributed by atoms with van der Waals surface area (Å²) in [5, 5.41) is 5.11. The normalized spacial score (nSPS) is 10.0. The van der Waals surface area contributed by atoms with Crippen molar-refractivity contribution in [1.82, 2.24) is 0 Å². The number of carbonyl (C=O) groups is 1. The summed E-state index contributed by atoms with van der Waals surface area (Å²) in [6.07, 6.45) is 0.525. The number of hydrogen-bond acceptors (Lipinski definition) is 3. The van der Waals surface area contributed by atoms with Gasteiger partial charge in [-0.25, -0.2) is 0 Å². The molecule has 0 aliphatic heterocycles. The van der Waals surface area contributed by atoms with Crippen molar-refractivity contribution >= 4 is 22.8 Å². The lowest BCUT2D eigenvalue weighted by Gasteiger charge is -2.04. The quantitative estimate of drug-likeness (QED) is 0.857. The number of rotatable bonds is 5. The first-order valence-corrected chi connectivity index (χ1v) is 6.05. The van der Waals surface area contributed by atoms with Crippen molar-refractivity contribution in [3.8, 4) is 0 Å². The summed E-state index contributed by atoms with van der Waals surface area (Å²) in [6, 6.07) is 13.7. The van der Waals surface area contributed by atoms with Crippen molar-refractivity contribution in [2.75, 3.05) is 11.9 Å². The fourth-order valence-electron chi connectivity index (χ4n) is 1.43. The van der Waals surface area contributed by atoms with Crippen LogP contribution in [-0.4, -0.2) is 12.3 Å². The summed E-state index contributed by atoms with van der Waals surface area (Å²) in [4.78, 5) is 12.8. The molecule has 0 fully saturated rings. The molecule has 3 heteroatoms. The van der Waals surface area contributed by atoms with Gasteiger partial charge in [0.15, 0.2) is 5.78 Å². The molecule has 0 saturated carbocycles. The maximum absolute atomic E-state index is 11.6. The van der Waals surface area contributed by atoms with Crippen LogP contribution < -0.4 is 5.32 Å². The molecule has 0 saturated heterocycles. The van der Waals surface area contributed by atoms with E-state index in [9.17, 15) is 4.79 Å². The highest BCUT2D eigenvalue weighted by Gasteiger charge is 2.03. The van der Waals surface area contributed by atoms with E-state index in [4.69, 9.17) is 0 Å². The number of carbonyl (C=O) groups excluding carboxylic acids is 1. The first kappa shape index (κ1) is 10.9. The summed E-state index contributed by atoms with van der Waals surface area (Å²) in [7, 11) is 0. The standard InChI is InChI=1S/C13H13NOS/c15-12(9-13-7-4-8-16-13)10-14-11-5-2-1-3-6-11/h1-8,14H,9-10H2. The van der Waals surface area contributed by atoms with Crippen LogP contribution in [-0.2, 0) is 11.2 Å². The van der Waals surface area contributed by atoms with E-state index < -0.39 is 0 Å². The zero-order valence-corrected chi connectivity index (χ0v) is 9.67. The smallest absolute Gasteiger partial charge is 0.157 e. The minimum Gasteiger partial charge on any atom is -0.378 e. The van der Waals surface area contributed by atoms with Gasteiger partial charge < -0.3 is 5.32 Å². The van der Waals surface area contributed by atoms with E-state index in [1.807, 2.05) is 47.8 Å². The third-order valence-corrected chi connectivity index (χ3v) is 3.09. The van der Waals surface area contributed by atoms with Crippen LogP contribution >= 0.6 is 11.3 Å². The highest BCUT2D eigenvalue weighted by atomic mass is 32.1. The Morgan fingerprint density at radius 1 is 1.12 bits per heavy atom. The predicted molar refractivity (Wildman–Crippen MR) is 68.0 cm³/mol. The predicted octanol–water partition coefficient (Wildman–Crippen LogP) is 2.97. The van der Waals surface area contributed by atoms with Crippen LogP contribution in [0.3, 0.4) is 0 Å². The van der Waals surface area contributed by atoms with Crippen LogP contribution in [0.25, 0.3) is 0 Å². The van der Waals surface area contributed by atoms with Crippen molar-refractivity contribution < 1.29 is 4.79 Å². The van der Waals surface area contributed by atoms with Crippen molar-refractivity contribution in [1.29, 1.82) is 0 Å². The number of thiophene rings is 1. The molecule has 2 rings (SSSR count). The lowest BCUT2D eigenvalue weighted by molar-refractivity contribution is -0.116. The summed E-state index contributed by atoms with van der Waals surface area (Å²) in [5.41, 5.74) is 0.988. The molecule has 2 aromatic rings. The third kappa shape index (κ3) is 3.21. The van der Waals surface area contributed by atoms with Gasteiger partial charge in [0.05, 0.1) is 6.54 Å². The number of benzene rings is 1. The van der Waals surface area contributed by atoms with E-state index >= 15 is 0 Å². The van der Waals surface area contributed by atoms with E-state index in [2.05, 4.69) is 5.32 Å². The second kappa shape index (κ2) is 5.47. The molecule has 82 valence electrons. The van der Waals surface area contributed by atoms with Crippen molar-refractivity contribution in [3.63, 3.8) is 0 Å². The van der Waals surface area contributed by atoms with Crippen LogP contribution in [0, 0.1) is 0 Å². The largest absolute Gasteiger partial charge is 0.378 e. The monoisotopic (exact) mass is 231 g/mol. The van der Waals surface area contributed by atoms with E-state index in [1.54, 1.807) is 11.3 Å². The molecule has 0 amide bonds. The lowest BCUT2D eigenvalue weighted by atomic mass is 10.2. The maximum atomic E-state index is 11.6. The van der Waals surface area contributed by atoms with Crippen molar-refractivity contribution in [3.05, 3.63) is 52.7 Å². The molecule has 0 atom stereocenters. The summed E-state index contributed by atoms with van der Waals surface area (Å²) >= 11 is 1.62. The molecule has 0 spiro atoms. The number of para-hydroxylation sites is 1. The topological polar surface area (TPSA) is 29.1 Å². The molecule has 1 heterocycles. The van der Waals surface area contributed by atoms with Crippen LogP contribution in [0.2, 0.25) is 0 Å². The summed E-state index contributed by atoms with van der Waals surface area (Å²) < 4.78 is 0. The molecule has 0 aliphatic rings. The van der Waals surface area contributed by atoms with Crippen LogP contribution in [0.1, 0.15) is 4.88 Å². The molecule has 1 aromatic heterocycles. The number of hydrogen-bond donors (Lipinski definition) is 1. The Labute approximate surface area is 98.9 Å². The fourth-order valence-corrected chi connectivity index (χ4v) is 2.16. The minimum atomic E-state index is 0.214. The minimum absolute atomic E-state index is 0.214. The van der Waals surface area contributed by atoms with E-state index in [1.165, 1.54) is 0 Å². The highest BCUT2D eigenvalue weighted by molar-refractivity contribution is 7.10. The van der Waals surface area contributed by atoms with Gasteiger partial charge >= 0.3 is 0 Å². The van der Waals surface area contributed by atoms with Crippen molar-refractivity contribution in [2.45, 2.75) is 6.42 Å². The van der Waals surface area contributed by atoms with Gasteiger partial charge in [0, 0.05) is 17.0 Å². The summed E-state index contributed by atoms with van der Waals surface area (Å²) in [5.74, 6) is 0.214. The Bertz CT molecular complexity index is 436. The number of nitrogens with one attached hydrogen (secondary N) is 1. The fraction of sp³-hybridized carbons (Fsp3) is 0.154. The molecule has 1 aromatic carbocycles. The van der Waals surface area contributed by atoms with Gasteiger partial charge in [-0.1, -0.05) is 24.3 Å². The van der Waals surface area contributed by atoms with Gasteiger partial charge in [-0.05, 0) is 23.6 Å². The van der Waals surface area contributed by atoms with Crippen molar-refractivity contribution in [2.24, 2.45) is 0 Å². The van der Waals surface area contributed by atoms with Gasteiger partial charge in [0.25, 0.3) is 0 Å². The van der Waals surface area contributed by atoms with Crippen LogP contribution in [0.4, 0.5) is 5.69 Å². The number of ketones is 1. The Morgan fingerprint density at radius 2 is 1.94 bits per heavy atom. The van der Waals surface area contributed by atoms with Crippen LogP contribution in [0.5, 0.6) is 0 Å². The highest BCUT2D eigenvalue weighted by Crippen LogP contribution is 2.10. The van der Waals surface area contributed by atoms with E-state index in [-0.39, 0.29) is 5.78 Å². The third-order valence-electron chi connectivity index (χ3n) is 2.21. The average Bonchev–Trinajstić information content (AvgIpc) is 2.81. The number of anilines is 1. The molecule has 0 radical (unpaired) electrons. The first-order chi connectivity index (χ1) is 7.84. The zero-order chi connectivity index (χ0) is 11.2. The molecular weight excluding hydrogens is 218 g/mol. The van der Waals surface area contributed by atoms with E-state index in [0.717, 1.165) is 10.6 Å². The Morgan fingerprint density at radius 3 is 2.62 bits per heavy atom. The molecule has 0 bridgehead atoms. The Balaban J connectivity index is 1.80. The van der Waals surface area contributed by atoms with E-state index in [0.29, 0.717) is 13.0 Å². The Kier molecular flexibility index (Phi) is 3.72. The average molecular weight is 231 g/mol. The first-order valence-electron chi connectivity index (χ1n) is 5.17. The lowest BCUT2D eigenvalue weighted by Crippen LogP contribution is -2.15. The van der Waals surface area contributed by atoms with Crippen LogP contribution in [0.15, 0.2) is 47.8 Å². The number of Topliss-reactive ketones (excluding diaryl/α,β-unsaturated/α-hetero) is 1. The zero-order valence-electron chi connectivity index (χ0n) is 8.85. The van der Waals surface area contributed by atoms with Gasteiger partial charge in [-0.2, -0.15) is 0 Å². The molecule has 0 aliphatic carbocycles. The molecule has 2 nitrogen and oxygen atoms in total. The summed E-state index contributed by atoms with van der Waals surface area (Å²) in [6.45, 7) is 0.391. The molecule has 16 heavy (non-hydrogen) atoms. The SMILES string of the molecule is O=C(CNc1ccccc1)Cc1cccs1. The molecule has 0 unspecified atom stereocenters.